The lowest BCUT2D eigenvalue weighted by Gasteiger charge is -2.27. The first-order valence-corrected chi connectivity index (χ1v) is 10.8. The van der Waals surface area contributed by atoms with Crippen molar-refractivity contribution in [1.29, 1.82) is 0 Å². The second-order valence-electron chi connectivity index (χ2n) is 9.58. The molecule has 1 aromatic carbocycles. The van der Waals surface area contributed by atoms with Gasteiger partial charge in [-0.05, 0) is 51.3 Å². The van der Waals surface area contributed by atoms with Crippen LogP contribution in [0.1, 0.15) is 39.2 Å². The number of ether oxygens (including phenoxy) is 1. The number of benzene rings is 1. The maximum absolute atomic E-state index is 13.1. The third-order valence-corrected chi connectivity index (χ3v) is 5.06. The Hall–Kier alpha value is -2.12. The van der Waals surface area contributed by atoms with Gasteiger partial charge >= 0.3 is 0 Å². The molecule has 1 heterocycles. The maximum Gasteiger partial charge on any atom is 0.278 e. The number of quaternary nitrogens is 1. The third-order valence-electron chi connectivity index (χ3n) is 5.06. The molecule has 0 aliphatic carbocycles. The molecule has 2 N–H and O–H groups in total. The molecule has 2 atom stereocenters. The van der Waals surface area contributed by atoms with Gasteiger partial charge in [-0.2, -0.15) is 0 Å². The van der Waals surface area contributed by atoms with Crippen molar-refractivity contribution in [2.24, 2.45) is 0 Å². The summed E-state index contributed by atoms with van der Waals surface area (Å²) >= 11 is 0. The van der Waals surface area contributed by atoms with Crippen LogP contribution < -0.4 is 15.1 Å². The SMILES string of the molecule is CN(C)c1ccc(CN(C[C@@H]2CCCO2)C(=O)C[NH+](C)CC(=O)NC(C)(C)C)cc1. The van der Waals surface area contributed by atoms with E-state index in [1.165, 1.54) is 0 Å². The summed E-state index contributed by atoms with van der Waals surface area (Å²) in [4.78, 5) is 30.1. The first kappa shape index (κ1) is 24.2. The van der Waals surface area contributed by atoms with E-state index in [1.54, 1.807) is 0 Å². The second-order valence-corrected chi connectivity index (χ2v) is 9.58. The average molecular weight is 420 g/mol. The molecule has 1 fully saturated rings. The minimum Gasteiger partial charge on any atom is -0.378 e. The minimum absolute atomic E-state index is 0.0437. The number of nitrogens with one attached hydrogen (secondary N) is 2. The Morgan fingerprint density at radius 2 is 1.83 bits per heavy atom. The van der Waals surface area contributed by atoms with Gasteiger partial charge in [-0.1, -0.05) is 12.1 Å². The van der Waals surface area contributed by atoms with Crippen molar-refractivity contribution in [3.8, 4) is 0 Å². The highest BCUT2D eigenvalue weighted by Crippen LogP contribution is 2.17. The predicted octanol–water partition coefficient (Wildman–Crippen LogP) is 0.690. The fourth-order valence-corrected chi connectivity index (χ4v) is 3.58. The van der Waals surface area contributed by atoms with Gasteiger partial charge in [-0.25, -0.2) is 0 Å². The largest absolute Gasteiger partial charge is 0.378 e. The van der Waals surface area contributed by atoms with Gasteiger partial charge < -0.3 is 24.8 Å². The number of amides is 2. The molecule has 7 heteroatoms. The highest BCUT2D eigenvalue weighted by atomic mass is 16.5. The predicted molar refractivity (Wildman–Crippen MR) is 120 cm³/mol. The van der Waals surface area contributed by atoms with Gasteiger partial charge in [0, 0.05) is 45.0 Å². The normalized spacial score (nSPS) is 17.5. The van der Waals surface area contributed by atoms with E-state index in [-0.39, 0.29) is 36.5 Å². The van der Waals surface area contributed by atoms with Crippen LogP contribution in [0.4, 0.5) is 5.69 Å². The summed E-state index contributed by atoms with van der Waals surface area (Å²) in [6, 6.07) is 8.27. The smallest absolute Gasteiger partial charge is 0.278 e. The molecule has 7 nitrogen and oxygen atoms in total. The number of carbonyl (C=O) groups excluding carboxylic acids is 2. The summed E-state index contributed by atoms with van der Waals surface area (Å²) in [7, 11) is 5.91. The maximum atomic E-state index is 13.1. The van der Waals surface area contributed by atoms with Gasteiger partial charge in [0.2, 0.25) is 0 Å². The lowest BCUT2D eigenvalue weighted by atomic mass is 10.1. The zero-order chi connectivity index (χ0) is 22.3. The minimum atomic E-state index is -0.272. The molecule has 1 aliphatic heterocycles. The highest BCUT2D eigenvalue weighted by Gasteiger charge is 2.26. The van der Waals surface area contributed by atoms with Crippen molar-refractivity contribution < 1.29 is 19.2 Å². The van der Waals surface area contributed by atoms with Crippen molar-refractivity contribution in [1.82, 2.24) is 10.2 Å². The number of carbonyl (C=O) groups is 2. The monoisotopic (exact) mass is 419 g/mol. The first-order valence-electron chi connectivity index (χ1n) is 10.8. The summed E-state index contributed by atoms with van der Waals surface area (Å²) in [5, 5.41) is 2.96. The molecule has 168 valence electrons. The van der Waals surface area contributed by atoms with E-state index in [0.717, 1.165) is 35.6 Å². The van der Waals surface area contributed by atoms with E-state index < -0.39 is 0 Å². The second kappa shape index (κ2) is 10.8. The number of anilines is 1. The quantitative estimate of drug-likeness (QED) is 0.618. The molecule has 1 unspecified atom stereocenters. The molecular formula is C23H39N4O3+. The molecule has 0 spiro atoms. The van der Waals surface area contributed by atoms with Crippen molar-refractivity contribution in [2.75, 3.05) is 52.3 Å². The number of likely N-dealkylation sites (N-methyl/N-ethyl adjacent to an activating group) is 1. The van der Waals surface area contributed by atoms with Gasteiger partial charge in [0.25, 0.3) is 11.8 Å². The van der Waals surface area contributed by atoms with E-state index in [0.29, 0.717) is 13.1 Å². The Morgan fingerprint density at radius 1 is 1.17 bits per heavy atom. The summed E-state index contributed by atoms with van der Waals surface area (Å²) in [5.41, 5.74) is 1.95. The average Bonchev–Trinajstić information content (AvgIpc) is 3.12. The number of hydrogen-bond donors (Lipinski definition) is 2. The van der Waals surface area contributed by atoms with Crippen molar-refractivity contribution in [3.05, 3.63) is 29.8 Å². The number of rotatable bonds is 9. The lowest BCUT2D eigenvalue weighted by molar-refractivity contribution is -0.863. The molecule has 0 bridgehead atoms. The zero-order valence-electron chi connectivity index (χ0n) is 19.5. The van der Waals surface area contributed by atoms with E-state index in [9.17, 15) is 9.59 Å². The molecule has 2 rings (SSSR count). The van der Waals surface area contributed by atoms with Crippen LogP contribution in [0.25, 0.3) is 0 Å². The molecular weight excluding hydrogens is 380 g/mol. The van der Waals surface area contributed by atoms with Gasteiger partial charge in [0.15, 0.2) is 13.1 Å². The Labute approximate surface area is 181 Å². The van der Waals surface area contributed by atoms with E-state index in [4.69, 9.17) is 4.74 Å². The van der Waals surface area contributed by atoms with Gasteiger partial charge in [0.1, 0.15) is 0 Å². The van der Waals surface area contributed by atoms with Crippen LogP contribution in [0.3, 0.4) is 0 Å². The molecule has 2 amide bonds. The summed E-state index contributed by atoms with van der Waals surface area (Å²) < 4.78 is 5.77. The van der Waals surface area contributed by atoms with Gasteiger partial charge in [0.05, 0.1) is 13.2 Å². The molecule has 1 saturated heterocycles. The van der Waals surface area contributed by atoms with Crippen LogP contribution in [0.5, 0.6) is 0 Å². The van der Waals surface area contributed by atoms with E-state index >= 15 is 0 Å². The van der Waals surface area contributed by atoms with Crippen LogP contribution >= 0.6 is 0 Å². The Morgan fingerprint density at radius 3 is 2.37 bits per heavy atom. The molecule has 1 aromatic rings. The fourth-order valence-electron chi connectivity index (χ4n) is 3.58. The van der Waals surface area contributed by atoms with Crippen LogP contribution in [-0.2, 0) is 20.9 Å². The van der Waals surface area contributed by atoms with Gasteiger partial charge in [-0.15, -0.1) is 0 Å². The summed E-state index contributed by atoms with van der Waals surface area (Å²) in [5.74, 6) is 0.000922. The molecule has 0 radical (unpaired) electrons. The first-order chi connectivity index (χ1) is 14.0. The Bertz CT molecular complexity index is 691. The van der Waals surface area contributed by atoms with E-state index in [2.05, 4.69) is 34.5 Å². The van der Waals surface area contributed by atoms with Crippen LogP contribution in [0, 0.1) is 0 Å². The molecule has 0 saturated carbocycles. The summed E-state index contributed by atoms with van der Waals surface area (Å²) in [6.45, 7) is 8.32. The topological polar surface area (TPSA) is 66.3 Å². The molecule has 0 aromatic heterocycles. The Kier molecular flexibility index (Phi) is 8.67. The number of nitrogens with zero attached hydrogens (tertiary/aromatic N) is 2. The third kappa shape index (κ3) is 8.32. The van der Waals surface area contributed by atoms with Crippen molar-refractivity contribution in [3.63, 3.8) is 0 Å². The Balaban J connectivity index is 2.00. The summed E-state index contributed by atoms with van der Waals surface area (Å²) in [6.07, 6.45) is 2.13. The van der Waals surface area contributed by atoms with E-state index in [1.807, 2.05) is 46.8 Å². The molecule has 30 heavy (non-hydrogen) atoms. The van der Waals surface area contributed by atoms with Crippen molar-refractivity contribution in [2.45, 2.75) is 51.8 Å². The fraction of sp³-hybridized carbons (Fsp3) is 0.652. The van der Waals surface area contributed by atoms with Gasteiger partial charge in [-0.3, -0.25) is 9.59 Å². The standard InChI is InChI=1S/C23H38N4O3/c1-23(2,3)24-21(28)16-26(6)17-22(29)27(15-20-8-7-13-30-20)14-18-9-11-19(12-10-18)25(4)5/h9-12,20H,7-8,13-17H2,1-6H3,(H,24,28)/p+1/t20-/m0/s1. The van der Waals surface area contributed by atoms with Crippen molar-refractivity contribution >= 4 is 17.5 Å². The molecule has 1 aliphatic rings. The lowest BCUT2D eigenvalue weighted by Crippen LogP contribution is -3.11. The number of hydrogen-bond acceptors (Lipinski definition) is 4. The highest BCUT2D eigenvalue weighted by molar-refractivity contribution is 5.79. The van der Waals surface area contributed by atoms with Crippen LogP contribution in [0.2, 0.25) is 0 Å². The van der Waals surface area contributed by atoms with Crippen LogP contribution in [0.15, 0.2) is 24.3 Å². The zero-order valence-corrected chi connectivity index (χ0v) is 19.5. The van der Waals surface area contributed by atoms with Crippen LogP contribution in [-0.4, -0.2) is 75.7 Å².